The summed E-state index contributed by atoms with van der Waals surface area (Å²) in [6.45, 7) is 2.81. The highest BCUT2D eigenvalue weighted by Gasteiger charge is 2.12. The van der Waals surface area contributed by atoms with Gasteiger partial charge in [0.25, 0.3) is 0 Å². The zero-order chi connectivity index (χ0) is 13.8. The molecule has 2 aromatic rings. The van der Waals surface area contributed by atoms with Gasteiger partial charge in [0.2, 0.25) is 5.95 Å². The highest BCUT2D eigenvalue weighted by atomic mass is 16.5. The molecule has 2 N–H and O–H groups in total. The maximum Gasteiger partial charge on any atom is 0.339 e. The summed E-state index contributed by atoms with van der Waals surface area (Å²) in [5.74, 6) is -0.00168. The fraction of sp³-hybridized carbons (Fsp3) is 0.231. The number of aryl methyl sites for hydroxylation is 1. The number of ether oxygens (including phenoxy) is 1. The van der Waals surface area contributed by atoms with Crippen molar-refractivity contribution in [2.75, 3.05) is 12.4 Å². The Kier molecular flexibility index (Phi) is 3.70. The standard InChI is InChI=1S/C13H15N3O3/c1-3-16-7-6-14-13(16)15-9-4-5-10(12(17)18)11(8-9)19-2/h4-8H,3H2,1-2H3,(H,14,15)(H,17,18). The van der Waals surface area contributed by atoms with Gasteiger partial charge in [0.05, 0.1) is 7.11 Å². The van der Waals surface area contributed by atoms with E-state index >= 15 is 0 Å². The number of carboxylic acid groups (broad SMARTS) is 1. The molecule has 0 bridgehead atoms. The molecule has 0 amide bonds. The number of nitrogens with zero attached hydrogens (tertiary/aromatic N) is 2. The lowest BCUT2D eigenvalue weighted by Crippen LogP contribution is -2.04. The number of methoxy groups -OCH3 is 1. The average Bonchev–Trinajstić information content (AvgIpc) is 2.85. The van der Waals surface area contributed by atoms with Crippen LogP contribution >= 0.6 is 0 Å². The van der Waals surface area contributed by atoms with Gasteiger partial charge in [-0.25, -0.2) is 9.78 Å². The second kappa shape index (κ2) is 5.43. The molecule has 0 spiro atoms. The Labute approximate surface area is 110 Å². The summed E-state index contributed by atoms with van der Waals surface area (Å²) in [5, 5.41) is 12.1. The van der Waals surface area contributed by atoms with Gasteiger partial charge in [0.15, 0.2) is 0 Å². The third-order valence-electron chi connectivity index (χ3n) is 2.74. The Morgan fingerprint density at radius 2 is 2.32 bits per heavy atom. The Hall–Kier alpha value is -2.50. The Morgan fingerprint density at radius 1 is 1.53 bits per heavy atom. The number of imidazole rings is 1. The quantitative estimate of drug-likeness (QED) is 0.864. The lowest BCUT2D eigenvalue weighted by atomic mass is 10.2. The van der Waals surface area contributed by atoms with Crippen LogP contribution in [0, 0.1) is 0 Å². The predicted octanol–water partition coefficient (Wildman–Crippen LogP) is 2.35. The summed E-state index contributed by atoms with van der Waals surface area (Å²) >= 11 is 0. The van der Waals surface area contributed by atoms with Crippen molar-refractivity contribution in [1.82, 2.24) is 9.55 Å². The Balaban J connectivity index is 2.29. The van der Waals surface area contributed by atoms with Gasteiger partial charge in [-0.15, -0.1) is 0 Å². The van der Waals surface area contributed by atoms with Crippen LogP contribution in [0.3, 0.4) is 0 Å². The first-order valence-electron chi connectivity index (χ1n) is 5.85. The van der Waals surface area contributed by atoms with Crippen LogP contribution in [0.15, 0.2) is 30.6 Å². The van der Waals surface area contributed by atoms with Gasteiger partial charge in [-0.1, -0.05) is 0 Å². The van der Waals surface area contributed by atoms with E-state index in [2.05, 4.69) is 10.3 Å². The van der Waals surface area contributed by atoms with Crippen LogP contribution in [-0.4, -0.2) is 27.7 Å². The highest BCUT2D eigenvalue weighted by molar-refractivity contribution is 5.91. The van der Waals surface area contributed by atoms with E-state index in [1.165, 1.54) is 13.2 Å². The molecular weight excluding hydrogens is 246 g/mol. The average molecular weight is 261 g/mol. The van der Waals surface area contributed by atoms with Crippen LogP contribution in [0.1, 0.15) is 17.3 Å². The minimum absolute atomic E-state index is 0.131. The monoisotopic (exact) mass is 261 g/mol. The molecule has 0 aliphatic heterocycles. The summed E-state index contributed by atoms with van der Waals surface area (Å²) in [4.78, 5) is 15.2. The molecule has 0 radical (unpaired) electrons. The minimum atomic E-state index is -1.02. The number of carboxylic acids is 1. The van der Waals surface area contributed by atoms with E-state index in [1.807, 2.05) is 17.7 Å². The van der Waals surface area contributed by atoms with E-state index in [0.717, 1.165) is 12.2 Å². The number of carbonyl (C=O) groups is 1. The van der Waals surface area contributed by atoms with Gasteiger partial charge in [0, 0.05) is 30.7 Å². The number of rotatable bonds is 5. The first kappa shape index (κ1) is 12.9. The van der Waals surface area contributed by atoms with Gasteiger partial charge in [-0.05, 0) is 19.1 Å². The molecular formula is C13H15N3O3. The fourth-order valence-electron chi connectivity index (χ4n) is 1.76. The van der Waals surface area contributed by atoms with Crippen molar-refractivity contribution in [2.45, 2.75) is 13.5 Å². The topological polar surface area (TPSA) is 76.4 Å². The van der Waals surface area contributed by atoms with E-state index in [-0.39, 0.29) is 5.56 Å². The lowest BCUT2D eigenvalue weighted by molar-refractivity contribution is 0.0693. The van der Waals surface area contributed by atoms with Crippen molar-refractivity contribution < 1.29 is 14.6 Å². The number of hydrogen-bond acceptors (Lipinski definition) is 4. The molecule has 0 fully saturated rings. The molecule has 2 rings (SSSR count). The molecule has 1 heterocycles. The number of nitrogens with one attached hydrogen (secondary N) is 1. The fourth-order valence-corrected chi connectivity index (χ4v) is 1.76. The Morgan fingerprint density at radius 3 is 2.95 bits per heavy atom. The second-order valence-corrected chi connectivity index (χ2v) is 3.88. The highest BCUT2D eigenvalue weighted by Crippen LogP contribution is 2.25. The zero-order valence-corrected chi connectivity index (χ0v) is 10.8. The number of aromatic nitrogens is 2. The smallest absolute Gasteiger partial charge is 0.339 e. The summed E-state index contributed by atoms with van der Waals surface area (Å²) in [6, 6.07) is 4.82. The zero-order valence-electron chi connectivity index (χ0n) is 10.8. The van der Waals surface area contributed by atoms with Crippen LogP contribution in [0.5, 0.6) is 5.75 Å². The first-order valence-corrected chi connectivity index (χ1v) is 5.85. The van der Waals surface area contributed by atoms with Gasteiger partial charge in [-0.3, -0.25) is 0 Å². The number of hydrogen-bond donors (Lipinski definition) is 2. The van der Waals surface area contributed by atoms with Crippen molar-refractivity contribution >= 4 is 17.6 Å². The van der Waals surface area contributed by atoms with E-state index in [0.29, 0.717) is 11.7 Å². The summed E-state index contributed by atoms with van der Waals surface area (Å²) in [5.41, 5.74) is 0.856. The summed E-state index contributed by atoms with van der Waals surface area (Å²) < 4.78 is 7.02. The molecule has 0 saturated heterocycles. The van der Waals surface area contributed by atoms with Crippen LogP contribution < -0.4 is 10.1 Å². The molecule has 0 unspecified atom stereocenters. The lowest BCUT2D eigenvalue weighted by Gasteiger charge is -2.10. The molecule has 6 nitrogen and oxygen atoms in total. The molecule has 1 aromatic carbocycles. The molecule has 100 valence electrons. The van der Waals surface area contributed by atoms with E-state index < -0.39 is 5.97 Å². The molecule has 0 aliphatic carbocycles. The largest absolute Gasteiger partial charge is 0.496 e. The van der Waals surface area contributed by atoms with E-state index in [4.69, 9.17) is 9.84 Å². The molecule has 6 heteroatoms. The van der Waals surface area contributed by atoms with Gasteiger partial charge >= 0.3 is 5.97 Å². The maximum absolute atomic E-state index is 11.0. The summed E-state index contributed by atoms with van der Waals surface area (Å²) in [6.07, 6.45) is 3.57. The molecule has 0 saturated carbocycles. The molecule has 0 aliphatic rings. The normalized spacial score (nSPS) is 10.2. The first-order chi connectivity index (χ1) is 9.15. The Bertz CT molecular complexity index is 593. The number of aromatic carboxylic acids is 1. The van der Waals surface area contributed by atoms with Crippen LogP contribution in [0.4, 0.5) is 11.6 Å². The van der Waals surface area contributed by atoms with Gasteiger partial charge < -0.3 is 19.7 Å². The molecule has 0 atom stereocenters. The molecule has 1 aromatic heterocycles. The van der Waals surface area contributed by atoms with Crippen LogP contribution in [0.2, 0.25) is 0 Å². The molecule has 19 heavy (non-hydrogen) atoms. The number of anilines is 2. The van der Waals surface area contributed by atoms with Crippen molar-refractivity contribution in [3.8, 4) is 5.75 Å². The maximum atomic E-state index is 11.0. The number of benzene rings is 1. The van der Waals surface area contributed by atoms with Crippen molar-refractivity contribution in [3.63, 3.8) is 0 Å². The van der Waals surface area contributed by atoms with Crippen molar-refractivity contribution in [1.29, 1.82) is 0 Å². The van der Waals surface area contributed by atoms with E-state index in [9.17, 15) is 4.79 Å². The van der Waals surface area contributed by atoms with Crippen molar-refractivity contribution in [3.05, 3.63) is 36.2 Å². The van der Waals surface area contributed by atoms with Gasteiger partial charge in [0.1, 0.15) is 11.3 Å². The van der Waals surface area contributed by atoms with Crippen molar-refractivity contribution in [2.24, 2.45) is 0 Å². The summed E-state index contributed by atoms with van der Waals surface area (Å²) in [7, 11) is 1.44. The van der Waals surface area contributed by atoms with Crippen LogP contribution in [-0.2, 0) is 6.54 Å². The second-order valence-electron chi connectivity index (χ2n) is 3.88. The van der Waals surface area contributed by atoms with Gasteiger partial charge in [-0.2, -0.15) is 0 Å². The SMILES string of the molecule is CCn1ccnc1Nc1ccc(C(=O)O)c(OC)c1. The third-order valence-corrected chi connectivity index (χ3v) is 2.74. The minimum Gasteiger partial charge on any atom is -0.496 e. The third kappa shape index (κ3) is 2.67. The van der Waals surface area contributed by atoms with E-state index in [1.54, 1.807) is 18.3 Å². The predicted molar refractivity (Wildman–Crippen MR) is 71.1 cm³/mol. The van der Waals surface area contributed by atoms with Crippen LogP contribution in [0.25, 0.3) is 0 Å².